The highest BCUT2D eigenvalue weighted by Crippen LogP contribution is 2.35. The number of anilines is 1. The molecule has 0 amide bonds. The lowest BCUT2D eigenvalue weighted by Crippen LogP contribution is -2.08. The molecule has 0 radical (unpaired) electrons. The molecule has 0 saturated heterocycles. The predicted octanol–water partition coefficient (Wildman–Crippen LogP) is 5.22. The van der Waals surface area contributed by atoms with Gasteiger partial charge in [-0.2, -0.15) is 13.2 Å². The largest absolute Gasteiger partial charge is 0.493 e. The molecule has 1 N–H and O–H groups in total. The monoisotopic (exact) mass is 362 g/mol. The Bertz CT molecular complexity index is 686. The van der Waals surface area contributed by atoms with E-state index in [0.29, 0.717) is 29.2 Å². The molecule has 3 nitrogen and oxygen atoms in total. The van der Waals surface area contributed by atoms with E-state index in [1.54, 1.807) is 12.3 Å². The average Bonchev–Trinajstić information content (AvgIpc) is 3.23. The minimum Gasteiger partial charge on any atom is -0.493 e. The van der Waals surface area contributed by atoms with Gasteiger partial charge in [0.05, 0.1) is 18.7 Å². The van der Waals surface area contributed by atoms with Crippen molar-refractivity contribution >= 4 is 28.6 Å². The third-order valence-corrected chi connectivity index (χ3v) is 4.52. The molecule has 0 spiro atoms. The van der Waals surface area contributed by atoms with Crippen LogP contribution in [0.3, 0.4) is 0 Å². The van der Waals surface area contributed by atoms with Crippen molar-refractivity contribution in [1.29, 1.82) is 0 Å². The zero-order valence-corrected chi connectivity index (χ0v) is 13.6. The third kappa shape index (κ3) is 4.75. The Labute approximate surface area is 140 Å². The SMILES string of the molecule is FC(F)(F)c1cc(NCc2cnc(Cl)s2)cc(OCC2CC2)c1. The van der Waals surface area contributed by atoms with Gasteiger partial charge >= 0.3 is 6.18 Å². The summed E-state index contributed by atoms with van der Waals surface area (Å²) < 4.78 is 44.9. The molecule has 1 aromatic carbocycles. The summed E-state index contributed by atoms with van der Waals surface area (Å²) in [4.78, 5) is 4.74. The summed E-state index contributed by atoms with van der Waals surface area (Å²) in [5.41, 5.74) is -0.370. The van der Waals surface area contributed by atoms with Crippen LogP contribution in [-0.4, -0.2) is 11.6 Å². The van der Waals surface area contributed by atoms with Crippen LogP contribution >= 0.6 is 22.9 Å². The van der Waals surface area contributed by atoms with E-state index < -0.39 is 11.7 Å². The molecule has 0 unspecified atom stereocenters. The molecular weight excluding hydrogens is 349 g/mol. The fourth-order valence-electron chi connectivity index (χ4n) is 2.00. The van der Waals surface area contributed by atoms with Gasteiger partial charge in [-0.15, -0.1) is 11.3 Å². The molecule has 3 rings (SSSR count). The molecule has 0 atom stereocenters. The zero-order valence-electron chi connectivity index (χ0n) is 12.0. The summed E-state index contributed by atoms with van der Waals surface area (Å²) in [5.74, 6) is 0.705. The van der Waals surface area contributed by atoms with E-state index in [0.717, 1.165) is 29.9 Å². The summed E-state index contributed by atoms with van der Waals surface area (Å²) in [6.07, 6.45) is -0.659. The Morgan fingerprint density at radius 3 is 2.70 bits per heavy atom. The highest BCUT2D eigenvalue weighted by atomic mass is 35.5. The van der Waals surface area contributed by atoms with Gasteiger partial charge in [0.25, 0.3) is 0 Å². The fraction of sp³-hybridized carbons (Fsp3) is 0.400. The Balaban J connectivity index is 1.74. The van der Waals surface area contributed by atoms with Gasteiger partial charge in [0.1, 0.15) is 5.75 Å². The van der Waals surface area contributed by atoms with Crippen molar-refractivity contribution in [3.05, 3.63) is 39.3 Å². The molecule has 0 bridgehead atoms. The number of rotatable bonds is 6. The highest BCUT2D eigenvalue weighted by Gasteiger charge is 2.31. The third-order valence-electron chi connectivity index (χ3n) is 3.41. The molecule has 1 fully saturated rings. The number of aromatic nitrogens is 1. The minimum atomic E-state index is -4.41. The second kappa shape index (κ2) is 6.57. The van der Waals surface area contributed by atoms with Crippen LogP contribution < -0.4 is 10.1 Å². The number of alkyl halides is 3. The summed E-state index contributed by atoms with van der Waals surface area (Å²) in [6.45, 7) is 0.818. The number of benzene rings is 1. The van der Waals surface area contributed by atoms with Crippen LogP contribution in [-0.2, 0) is 12.7 Å². The maximum atomic E-state index is 13.0. The molecule has 1 saturated carbocycles. The van der Waals surface area contributed by atoms with E-state index in [1.807, 2.05) is 0 Å². The van der Waals surface area contributed by atoms with Gasteiger partial charge in [-0.25, -0.2) is 4.98 Å². The first kappa shape index (κ1) is 16.4. The first-order valence-corrected chi connectivity index (χ1v) is 8.29. The maximum Gasteiger partial charge on any atom is 0.416 e. The van der Waals surface area contributed by atoms with E-state index in [4.69, 9.17) is 16.3 Å². The van der Waals surface area contributed by atoms with Crippen molar-refractivity contribution < 1.29 is 17.9 Å². The fourth-order valence-corrected chi connectivity index (χ4v) is 2.92. The van der Waals surface area contributed by atoms with Gasteiger partial charge in [0.2, 0.25) is 0 Å². The van der Waals surface area contributed by atoms with Crippen LogP contribution in [0.4, 0.5) is 18.9 Å². The number of hydrogen-bond donors (Lipinski definition) is 1. The van der Waals surface area contributed by atoms with Crippen molar-refractivity contribution in [2.24, 2.45) is 5.92 Å². The normalized spacial score (nSPS) is 14.8. The number of halogens is 4. The van der Waals surface area contributed by atoms with Crippen LogP contribution in [0.15, 0.2) is 24.4 Å². The quantitative estimate of drug-likeness (QED) is 0.765. The Kier molecular flexibility index (Phi) is 4.68. The van der Waals surface area contributed by atoms with Gasteiger partial charge in [-0.3, -0.25) is 0 Å². The van der Waals surface area contributed by atoms with E-state index in [9.17, 15) is 13.2 Å². The molecule has 1 aromatic heterocycles. The maximum absolute atomic E-state index is 13.0. The van der Waals surface area contributed by atoms with Gasteiger partial charge in [0, 0.05) is 22.8 Å². The zero-order chi connectivity index (χ0) is 16.4. The van der Waals surface area contributed by atoms with Crippen molar-refractivity contribution in [3.63, 3.8) is 0 Å². The second-order valence-corrected chi connectivity index (χ2v) is 7.13. The summed E-state index contributed by atoms with van der Waals surface area (Å²) >= 11 is 7.02. The lowest BCUT2D eigenvalue weighted by Gasteiger charge is -2.14. The molecule has 0 aliphatic heterocycles. The molecule has 1 aliphatic rings. The molecular formula is C15H14ClF3N2OS. The van der Waals surface area contributed by atoms with Gasteiger partial charge in [0.15, 0.2) is 4.47 Å². The van der Waals surface area contributed by atoms with Crippen LogP contribution in [0.5, 0.6) is 5.75 Å². The van der Waals surface area contributed by atoms with Gasteiger partial charge in [-0.05, 0) is 30.9 Å². The lowest BCUT2D eigenvalue weighted by molar-refractivity contribution is -0.137. The summed E-state index contributed by atoms with van der Waals surface area (Å²) in [7, 11) is 0. The lowest BCUT2D eigenvalue weighted by atomic mass is 10.1. The van der Waals surface area contributed by atoms with Crippen LogP contribution in [0, 0.1) is 5.92 Å². The Morgan fingerprint density at radius 1 is 1.30 bits per heavy atom. The number of nitrogens with zero attached hydrogens (tertiary/aromatic N) is 1. The summed E-state index contributed by atoms with van der Waals surface area (Å²) in [6, 6.07) is 3.70. The predicted molar refractivity (Wildman–Crippen MR) is 84.1 cm³/mol. The van der Waals surface area contributed by atoms with E-state index in [-0.39, 0.29) is 5.75 Å². The van der Waals surface area contributed by atoms with Crippen molar-refractivity contribution in [1.82, 2.24) is 4.98 Å². The Hall–Kier alpha value is -1.47. The molecule has 1 aliphatic carbocycles. The summed E-state index contributed by atoms with van der Waals surface area (Å²) in [5, 5.41) is 2.96. The second-order valence-electron chi connectivity index (χ2n) is 5.43. The first-order chi connectivity index (χ1) is 10.9. The van der Waals surface area contributed by atoms with E-state index >= 15 is 0 Å². The van der Waals surface area contributed by atoms with E-state index in [1.165, 1.54) is 11.3 Å². The van der Waals surface area contributed by atoms with Gasteiger partial charge in [-0.1, -0.05) is 11.6 Å². The molecule has 124 valence electrons. The van der Waals surface area contributed by atoms with Crippen LogP contribution in [0.25, 0.3) is 0 Å². The number of thiazole rings is 1. The van der Waals surface area contributed by atoms with Gasteiger partial charge < -0.3 is 10.1 Å². The molecule has 8 heteroatoms. The number of ether oxygens (including phenoxy) is 1. The number of hydrogen-bond acceptors (Lipinski definition) is 4. The van der Waals surface area contributed by atoms with Crippen LogP contribution in [0.1, 0.15) is 23.3 Å². The average molecular weight is 363 g/mol. The van der Waals surface area contributed by atoms with Crippen molar-refractivity contribution in [2.45, 2.75) is 25.6 Å². The molecule has 23 heavy (non-hydrogen) atoms. The standard InChI is InChI=1S/C15H14ClF3N2OS/c16-14-21-7-13(23-14)6-20-11-3-10(15(17,18)19)4-12(5-11)22-8-9-1-2-9/h3-5,7,9,20H,1-2,6,8H2. The first-order valence-electron chi connectivity index (χ1n) is 7.09. The van der Waals surface area contributed by atoms with Crippen LogP contribution in [0.2, 0.25) is 4.47 Å². The van der Waals surface area contributed by atoms with E-state index in [2.05, 4.69) is 10.3 Å². The number of nitrogens with one attached hydrogen (secondary N) is 1. The molecule has 1 heterocycles. The highest BCUT2D eigenvalue weighted by molar-refractivity contribution is 7.15. The molecule has 2 aromatic rings. The van der Waals surface area contributed by atoms with Crippen molar-refractivity contribution in [2.75, 3.05) is 11.9 Å². The topological polar surface area (TPSA) is 34.2 Å². The Morgan fingerprint density at radius 2 is 2.09 bits per heavy atom. The van der Waals surface area contributed by atoms with Crippen molar-refractivity contribution in [3.8, 4) is 5.75 Å². The minimum absolute atomic E-state index is 0.233. The smallest absolute Gasteiger partial charge is 0.416 e.